The van der Waals surface area contributed by atoms with Crippen molar-refractivity contribution in [3.8, 4) is 5.75 Å². The van der Waals surface area contributed by atoms with E-state index < -0.39 is 0 Å². The molecular weight excluding hydrogens is 388 g/mol. The second kappa shape index (κ2) is 8.71. The minimum atomic E-state index is -0.174. The molecule has 1 aliphatic heterocycles. The lowest BCUT2D eigenvalue weighted by molar-refractivity contribution is -0.118. The fraction of sp³-hybridized carbons (Fsp3) is 0.440. The number of rotatable bonds is 5. The Balaban J connectivity index is 1.24. The molecule has 0 unspecified atom stereocenters. The van der Waals surface area contributed by atoms with Gasteiger partial charge in [-0.3, -0.25) is 9.69 Å². The minimum Gasteiger partial charge on any atom is -0.484 e. The first-order valence-corrected chi connectivity index (χ1v) is 11.4. The summed E-state index contributed by atoms with van der Waals surface area (Å²) in [6.07, 6.45) is 6.73. The number of nitrogens with one attached hydrogen (secondary N) is 1. The number of ether oxygens (including phenoxy) is 1. The van der Waals surface area contributed by atoms with Gasteiger partial charge in [-0.25, -0.2) is 4.98 Å². The van der Waals surface area contributed by atoms with Crippen molar-refractivity contribution in [2.45, 2.75) is 58.2 Å². The Bertz CT molecular complexity index is 1070. The molecule has 2 heterocycles. The van der Waals surface area contributed by atoms with Crippen molar-refractivity contribution in [1.82, 2.24) is 14.5 Å². The summed E-state index contributed by atoms with van der Waals surface area (Å²) in [5.41, 5.74) is 4.00. The van der Waals surface area contributed by atoms with Gasteiger partial charge >= 0.3 is 0 Å². The van der Waals surface area contributed by atoms with E-state index in [2.05, 4.69) is 20.9 Å². The number of benzene rings is 2. The molecule has 1 fully saturated rings. The summed E-state index contributed by atoms with van der Waals surface area (Å²) in [5.74, 6) is 1.66. The van der Waals surface area contributed by atoms with Gasteiger partial charge in [0.05, 0.1) is 17.6 Å². The second-order valence-electron chi connectivity index (χ2n) is 8.80. The molecule has 0 saturated heterocycles. The largest absolute Gasteiger partial charge is 0.484 e. The van der Waals surface area contributed by atoms with E-state index in [1.807, 2.05) is 43.3 Å². The topological polar surface area (TPSA) is 59.4 Å². The Morgan fingerprint density at radius 3 is 2.71 bits per heavy atom. The Labute approximate surface area is 183 Å². The fourth-order valence-corrected chi connectivity index (χ4v) is 4.86. The molecule has 0 bridgehead atoms. The number of amides is 1. The maximum Gasteiger partial charge on any atom is 0.262 e. The molecule has 2 aromatic carbocycles. The number of fused-ring (bicyclic) bond motifs is 3. The normalized spacial score (nSPS) is 17.5. The first-order chi connectivity index (χ1) is 15.2. The Kier molecular flexibility index (Phi) is 5.64. The number of aromatic nitrogens is 2. The van der Waals surface area contributed by atoms with Gasteiger partial charge in [0.15, 0.2) is 6.61 Å². The van der Waals surface area contributed by atoms with Gasteiger partial charge in [-0.05, 0) is 50.1 Å². The van der Waals surface area contributed by atoms with Gasteiger partial charge < -0.3 is 14.6 Å². The van der Waals surface area contributed by atoms with E-state index in [-0.39, 0.29) is 12.5 Å². The van der Waals surface area contributed by atoms with E-state index in [1.54, 1.807) is 0 Å². The zero-order valence-electron chi connectivity index (χ0n) is 18.1. The van der Waals surface area contributed by atoms with Crippen molar-refractivity contribution < 1.29 is 9.53 Å². The van der Waals surface area contributed by atoms with Gasteiger partial charge in [-0.2, -0.15) is 0 Å². The van der Waals surface area contributed by atoms with Crippen LogP contribution in [0.4, 0.5) is 5.69 Å². The molecule has 0 spiro atoms. The second-order valence-corrected chi connectivity index (χ2v) is 8.80. The van der Waals surface area contributed by atoms with Crippen LogP contribution >= 0.6 is 0 Å². The fourth-order valence-electron chi connectivity index (χ4n) is 4.86. The highest BCUT2D eigenvalue weighted by Gasteiger charge is 2.26. The van der Waals surface area contributed by atoms with Crippen LogP contribution in [-0.2, 0) is 17.9 Å². The molecule has 5 rings (SSSR count). The monoisotopic (exact) mass is 418 g/mol. The van der Waals surface area contributed by atoms with Gasteiger partial charge in [0.2, 0.25) is 0 Å². The number of carbonyl (C=O) groups excluding carboxylic acids is 1. The van der Waals surface area contributed by atoms with E-state index in [0.717, 1.165) is 47.7 Å². The molecular formula is C25H30N4O2. The molecule has 3 aromatic rings. The standard InChI is InChI=1S/C25H30N4O2/c1-18-7-10-21(11-8-18)31-17-25(30)26-19-9-12-23-22(15-19)27-24-16-28(13-14-29(23)24)20-5-3-2-4-6-20/h7-12,15,20H,2-6,13-14,16-17H2,1H3,(H,26,30). The maximum absolute atomic E-state index is 12.3. The predicted molar refractivity (Wildman–Crippen MR) is 122 cm³/mol. The minimum absolute atomic E-state index is 0.0167. The van der Waals surface area contributed by atoms with Crippen LogP contribution in [0.1, 0.15) is 43.5 Å². The highest BCUT2D eigenvalue weighted by Crippen LogP contribution is 2.28. The van der Waals surface area contributed by atoms with Gasteiger partial charge in [-0.15, -0.1) is 0 Å². The molecule has 162 valence electrons. The van der Waals surface area contributed by atoms with E-state index in [1.165, 1.54) is 32.1 Å². The Morgan fingerprint density at radius 2 is 1.90 bits per heavy atom. The van der Waals surface area contributed by atoms with Gasteiger partial charge in [0, 0.05) is 24.8 Å². The first-order valence-electron chi connectivity index (χ1n) is 11.4. The summed E-state index contributed by atoms with van der Waals surface area (Å²) in [6.45, 7) is 5.01. The van der Waals surface area contributed by atoms with Crippen molar-refractivity contribution in [2.75, 3.05) is 18.5 Å². The molecule has 6 heteroatoms. The lowest BCUT2D eigenvalue weighted by atomic mass is 9.94. The van der Waals surface area contributed by atoms with E-state index in [0.29, 0.717) is 11.8 Å². The SMILES string of the molecule is Cc1ccc(OCC(=O)Nc2ccc3c(c2)nc2n3CCN(C3CCCCC3)C2)cc1. The molecule has 1 N–H and O–H groups in total. The molecule has 2 aliphatic rings. The Morgan fingerprint density at radius 1 is 1.10 bits per heavy atom. The molecule has 31 heavy (non-hydrogen) atoms. The summed E-state index contributed by atoms with van der Waals surface area (Å²) < 4.78 is 7.91. The van der Waals surface area contributed by atoms with Crippen molar-refractivity contribution >= 4 is 22.6 Å². The Hall–Kier alpha value is -2.86. The van der Waals surface area contributed by atoms with Crippen molar-refractivity contribution in [3.63, 3.8) is 0 Å². The van der Waals surface area contributed by atoms with Crippen LogP contribution in [0.15, 0.2) is 42.5 Å². The van der Waals surface area contributed by atoms with Crippen LogP contribution in [-0.4, -0.2) is 39.6 Å². The van der Waals surface area contributed by atoms with Crippen LogP contribution in [0, 0.1) is 6.92 Å². The van der Waals surface area contributed by atoms with Crippen LogP contribution in [0.5, 0.6) is 5.75 Å². The average molecular weight is 419 g/mol. The number of anilines is 1. The number of hydrogen-bond acceptors (Lipinski definition) is 4. The summed E-state index contributed by atoms with van der Waals surface area (Å²) in [4.78, 5) is 19.9. The summed E-state index contributed by atoms with van der Waals surface area (Å²) >= 11 is 0. The van der Waals surface area contributed by atoms with Crippen molar-refractivity contribution in [3.05, 3.63) is 53.9 Å². The maximum atomic E-state index is 12.3. The van der Waals surface area contributed by atoms with Crippen molar-refractivity contribution in [2.24, 2.45) is 0 Å². The van der Waals surface area contributed by atoms with Crippen LogP contribution < -0.4 is 10.1 Å². The van der Waals surface area contributed by atoms with Gasteiger partial charge in [0.1, 0.15) is 11.6 Å². The third-order valence-electron chi connectivity index (χ3n) is 6.55. The third-order valence-corrected chi connectivity index (χ3v) is 6.55. The molecule has 1 aliphatic carbocycles. The zero-order valence-corrected chi connectivity index (χ0v) is 18.1. The van der Waals surface area contributed by atoms with Crippen molar-refractivity contribution in [1.29, 1.82) is 0 Å². The predicted octanol–water partition coefficient (Wildman–Crippen LogP) is 4.51. The molecule has 0 radical (unpaired) electrons. The molecule has 1 saturated carbocycles. The number of aryl methyl sites for hydroxylation is 1. The average Bonchev–Trinajstić information content (AvgIpc) is 3.16. The zero-order chi connectivity index (χ0) is 21.2. The summed E-state index contributed by atoms with van der Waals surface area (Å²) in [6, 6.07) is 14.4. The lowest BCUT2D eigenvalue weighted by Gasteiger charge is -2.36. The number of hydrogen-bond donors (Lipinski definition) is 1. The van der Waals surface area contributed by atoms with E-state index >= 15 is 0 Å². The smallest absolute Gasteiger partial charge is 0.262 e. The highest BCUT2D eigenvalue weighted by atomic mass is 16.5. The third kappa shape index (κ3) is 4.44. The molecule has 0 atom stereocenters. The summed E-state index contributed by atoms with van der Waals surface area (Å²) in [5, 5.41) is 2.93. The van der Waals surface area contributed by atoms with Crippen LogP contribution in [0.25, 0.3) is 11.0 Å². The van der Waals surface area contributed by atoms with E-state index in [9.17, 15) is 4.79 Å². The molecule has 6 nitrogen and oxygen atoms in total. The number of carbonyl (C=O) groups is 1. The lowest BCUT2D eigenvalue weighted by Crippen LogP contribution is -2.42. The molecule has 1 amide bonds. The van der Waals surface area contributed by atoms with E-state index in [4.69, 9.17) is 9.72 Å². The van der Waals surface area contributed by atoms with Crippen LogP contribution in [0.3, 0.4) is 0 Å². The summed E-state index contributed by atoms with van der Waals surface area (Å²) in [7, 11) is 0. The quantitative estimate of drug-likeness (QED) is 0.662. The van der Waals surface area contributed by atoms with Gasteiger partial charge in [-0.1, -0.05) is 37.0 Å². The number of nitrogens with zero attached hydrogens (tertiary/aromatic N) is 3. The highest BCUT2D eigenvalue weighted by molar-refractivity contribution is 5.94. The number of imidazole rings is 1. The first kappa shape index (κ1) is 20.1. The van der Waals surface area contributed by atoms with Gasteiger partial charge in [0.25, 0.3) is 5.91 Å². The van der Waals surface area contributed by atoms with Crippen LogP contribution in [0.2, 0.25) is 0 Å². The molecule has 1 aromatic heterocycles.